The van der Waals surface area contributed by atoms with Crippen LogP contribution in [0.2, 0.25) is 5.02 Å². The van der Waals surface area contributed by atoms with Gasteiger partial charge in [-0.25, -0.2) is 4.98 Å². The van der Waals surface area contributed by atoms with Crippen molar-refractivity contribution in [1.82, 2.24) is 19.6 Å². The van der Waals surface area contributed by atoms with Crippen LogP contribution in [0.5, 0.6) is 0 Å². The Hall–Kier alpha value is -2.51. The van der Waals surface area contributed by atoms with Gasteiger partial charge < -0.3 is 9.64 Å². The van der Waals surface area contributed by atoms with E-state index in [1.54, 1.807) is 35.9 Å². The molecule has 27 heavy (non-hydrogen) atoms. The van der Waals surface area contributed by atoms with Crippen molar-refractivity contribution >= 4 is 29.0 Å². The summed E-state index contributed by atoms with van der Waals surface area (Å²) in [5.41, 5.74) is 1.54. The highest BCUT2D eigenvalue weighted by Gasteiger charge is 2.27. The number of benzene rings is 1. The number of carbonyl (C=O) groups excluding carboxylic acids is 1. The van der Waals surface area contributed by atoms with Gasteiger partial charge >= 0.3 is 0 Å². The lowest BCUT2D eigenvalue weighted by Gasteiger charge is -2.33. The maximum Gasteiger partial charge on any atom is 0.254 e. The number of ether oxygens (including phenoxy) is 1. The van der Waals surface area contributed by atoms with Gasteiger partial charge in [0.15, 0.2) is 5.78 Å². The SMILES string of the molecule is COCc1cc(N2CCC(C(=O)c3ccc(Cl)cc3)CC2)n2ncnc2n1. The molecule has 1 aliphatic heterocycles. The van der Waals surface area contributed by atoms with Gasteiger partial charge in [0.05, 0.1) is 12.3 Å². The summed E-state index contributed by atoms with van der Waals surface area (Å²) in [7, 11) is 1.64. The van der Waals surface area contributed by atoms with Gasteiger partial charge in [0.1, 0.15) is 12.1 Å². The average molecular weight is 386 g/mol. The molecule has 2 aromatic heterocycles. The third kappa shape index (κ3) is 3.65. The van der Waals surface area contributed by atoms with Crippen molar-refractivity contribution in [2.45, 2.75) is 19.4 Å². The Morgan fingerprint density at radius 2 is 2.00 bits per heavy atom. The fourth-order valence-corrected chi connectivity index (χ4v) is 3.64. The molecule has 0 N–H and O–H groups in total. The van der Waals surface area contributed by atoms with Gasteiger partial charge in [-0.2, -0.15) is 14.6 Å². The second kappa shape index (κ2) is 7.62. The molecule has 3 aromatic rings. The molecule has 3 heterocycles. The second-order valence-electron chi connectivity index (χ2n) is 6.64. The number of rotatable bonds is 5. The molecule has 0 radical (unpaired) electrons. The van der Waals surface area contributed by atoms with E-state index in [9.17, 15) is 4.79 Å². The fourth-order valence-electron chi connectivity index (χ4n) is 3.51. The van der Waals surface area contributed by atoms with E-state index < -0.39 is 0 Å². The molecule has 1 saturated heterocycles. The summed E-state index contributed by atoms with van der Waals surface area (Å²) in [6, 6.07) is 9.11. The van der Waals surface area contributed by atoms with Gasteiger partial charge in [0.2, 0.25) is 0 Å². The van der Waals surface area contributed by atoms with E-state index in [4.69, 9.17) is 16.3 Å². The number of piperidine rings is 1. The van der Waals surface area contributed by atoms with Crippen LogP contribution >= 0.6 is 11.6 Å². The number of halogens is 1. The molecular formula is C19H20ClN5O2. The van der Waals surface area contributed by atoms with Gasteiger partial charge in [-0.15, -0.1) is 0 Å². The predicted molar refractivity (Wildman–Crippen MR) is 102 cm³/mol. The van der Waals surface area contributed by atoms with Crippen LogP contribution in [0.4, 0.5) is 5.82 Å². The number of methoxy groups -OCH3 is 1. The van der Waals surface area contributed by atoms with Crippen molar-refractivity contribution in [2.24, 2.45) is 5.92 Å². The molecule has 7 nitrogen and oxygen atoms in total. The third-order valence-electron chi connectivity index (χ3n) is 4.90. The third-order valence-corrected chi connectivity index (χ3v) is 5.15. The van der Waals surface area contributed by atoms with E-state index in [1.807, 2.05) is 6.07 Å². The monoisotopic (exact) mass is 385 g/mol. The van der Waals surface area contributed by atoms with Crippen LogP contribution < -0.4 is 4.90 Å². The summed E-state index contributed by atoms with van der Waals surface area (Å²) in [5, 5.41) is 4.93. The minimum Gasteiger partial charge on any atom is -0.378 e. The number of hydrogen-bond acceptors (Lipinski definition) is 6. The molecule has 0 amide bonds. The van der Waals surface area contributed by atoms with Gasteiger partial charge in [0.25, 0.3) is 5.78 Å². The smallest absolute Gasteiger partial charge is 0.254 e. The minimum atomic E-state index is 0.0222. The Labute approximate surface area is 161 Å². The summed E-state index contributed by atoms with van der Waals surface area (Å²) in [4.78, 5) is 23.6. The van der Waals surface area contributed by atoms with Gasteiger partial charge in [-0.05, 0) is 37.1 Å². The second-order valence-corrected chi connectivity index (χ2v) is 7.08. The molecule has 0 saturated carbocycles. The molecule has 1 aromatic carbocycles. The highest BCUT2D eigenvalue weighted by molar-refractivity contribution is 6.30. The number of nitrogens with zero attached hydrogens (tertiary/aromatic N) is 5. The Morgan fingerprint density at radius 1 is 1.26 bits per heavy atom. The van der Waals surface area contributed by atoms with Gasteiger partial charge in [-0.1, -0.05) is 11.6 Å². The first-order valence-corrected chi connectivity index (χ1v) is 9.27. The quantitative estimate of drug-likeness (QED) is 0.628. The van der Waals surface area contributed by atoms with E-state index in [1.165, 1.54) is 6.33 Å². The van der Waals surface area contributed by atoms with E-state index in [0.29, 0.717) is 17.4 Å². The first kappa shape index (κ1) is 17.9. The molecule has 1 fully saturated rings. The lowest BCUT2D eigenvalue weighted by Crippen LogP contribution is -2.37. The zero-order chi connectivity index (χ0) is 18.8. The number of fused-ring (bicyclic) bond motifs is 1. The number of aromatic nitrogens is 4. The Bertz CT molecular complexity index is 948. The number of hydrogen-bond donors (Lipinski definition) is 0. The molecular weight excluding hydrogens is 366 g/mol. The van der Waals surface area contributed by atoms with E-state index in [2.05, 4.69) is 20.0 Å². The van der Waals surface area contributed by atoms with E-state index in [0.717, 1.165) is 43.0 Å². The van der Waals surface area contributed by atoms with Crippen molar-refractivity contribution < 1.29 is 9.53 Å². The summed E-state index contributed by atoms with van der Waals surface area (Å²) in [6.07, 6.45) is 3.08. The molecule has 0 atom stereocenters. The summed E-state index contributed by atoms with van der Waals surface area (Å²) >= 11 is 5.92. The standard InChI is InChI=1S/C19H20ClN5O2/c1-27-11-16-10-17(25-19(23-16)21-12-22-25)24-8-6-14(7-9-24)18(26)13-2-4-15(20)5-3-13/h2-5,10,12,14H,6-9,11H2,1H3. The van der Waals surface area contributed by atoms with Crippen LogP contribution in [0.15, 0.2) is 36.7 Å². The molecule has 4 rings (SSSR count). The summed E-state index contributed by atoms with van der Waals surface area (Å²) in [5.74, 6) is 1.70. The fraction of sp³-hybridized carbons (Fsp3) is 0.368. The highest BCUT2D eigenvalue weighted by Crippen LogP contribution is 2.27. The largest absolute Gasteiger partial charge is 0.378 e. The molecule has 0 unspecified atom stereocenters. The van der Waals surface area contributed by atoms with Crippen molar-refractivity contribution in [3.63, 3.8) is 0 Å². The number of carbonyl (C=O) groups is 1. The molecule has 140 valence electrons. The Morgan fingerprint density at radius 3 is 2.70 bits per heavy atom. The normalized spacial score (nSPS) is 15.4. The van der Waals surface area contributed by atoms with Gasteiger partial charge in [0, 0.05) is 42.8 Å². The minimum absolute atomic E-state index is 0.0222. The molecule has 8 heteroatoms. The number of ketones is 1. The average Bonchev–Trinajstić information content (AvgIpc) is 3.16. The molecule has 0 bridgehead atoms. The lowest BCUT2D eigenvalue weighted by atomic mass is 9.89. The molecule has 0 spiro atoms. The zero-order valence-corrected chi connectivity index (χ0v) is 15.8. The van der Waals surface area contributed by atoms with Crippen molar-refractivity contribution in [3.05, 3.63) is 52.9 Å². The lowest BCUT2D eigenvalue weighted by molar-refractivity contribution is 0.0900. The molecule has 0 aliphatic carbocycles. The topological polar surface area (TPSA) is 72.6 Å². The molecule has 1 aliphatic rings. The van der Waals surface area contributed by atoms with Gasteiger partial charge in [-0.3, -0.25) is 4.79 Å². The van der Waals surface area contributed by atoms with Crippen LogP contribution in [-0.2, 0) is 11.3 Å². The van der Waals surface area contributed by atoms with Crippen LogP contribution in [-0.4, -0.2) is 45.6 Å². The van der Waals surface area contributed by atoms with Crippen LogP contribution in [0.1, 0.15) is 28.9 Å². The first-order chi connectivity index (χ1) is 13.2. The highest BCUT2D eigenvalue weighted by atomic mass is 35.5. The van der Waals surface area contributed by atoms with E-state index in [-0.39, 0.29) is 11.7 Å². The van der Waals surface area contributed by atoms with Crippen LogP contribution in [0.3, 0.4) is 0 Å². The van der Waals surface area contributed by atoms with Crippen molar-refractivity contribution in [3.8, 4) is 0 Å². The summed E-state index contributed by atoms with van der Waals surface area (Å²) in [6.45, 7) is 1.96. The Kier molecular flexibility index (Phi) is 5.05. The zero-order valence-electron chi connectivity index (χ0n) is 15.0. The first-order valence-electron chi connectivity index (χ1n) is 8.89. The Balaban J connectivity index is 1.51. The van der Waals surface area contributed by atoms with Crippen LogP contribution in [0.25, 0.3) is 5.78 Å². The maximum atomic E-state index is 12.7. The van der Waals surface area contributed by atoms with Crippen molar-refractivity contribution in [1.29, 1.82) is 0 Å². The number of anilines is 1. The van der Waals surface area contributed by atoms with E-state index >= 15 is 0 Å². The number of Topliss-reactive ketones (excluding diaryl/α,β-unsaturated/α-hetero) is 1. The predicted octanol–water partition coefficient (Wildman–Crippen LogP) is 3.02. The van der Waals surface area contributed by atoms with Crippen LogP contribution in [0, 0.1) is 5.92 Å². The van der Waals surface area contributed by atoms with Crippen molar-refractivity contribution in [2.75, 3.05) is 25.1 Å². The summed E-state index contributed by atoms with van der Waals surface area (Å²) < 4.78 is 6.95. The maximum absolute atomic E-state index is 12.7.